The fourth-order valence-electron chi connectivity index (χ4n) is 2.31. The highest BCUT2D eigenvalue weighted by Crippen LogP contribution is 2.24. The molecule has 0 unspecified atom stereocenters. The van der Waals surface area contributed by atoms with Gasteiger partial charge in [-0.3, -0.25) is 0 Å². The molecule has 1 aromatic carbocycles. The highest BCUT2D eigenvalue weighted by molar-refractivity contribution is 7.89. The van der Waals surface area contributed by atoms with E-state index < -0.39 is 10.0 Å². The van der Waals surface area contributed by atoms with Crippen LogP contribution < -0.4 is 5.73 Å². The summed E-state index contributed by atoms with van der Waals surface area (Å²) in [5.74, 6) is 0. The maximum atomic E-state index is 12.9. The molecule has 0 fully saturated rings. The van der Waals surface area contributed by atoms with Crippen LogP contribution in [0.25, 0.3) is 0 Å². The lowest BCUT2D eigenvalue weighted by atomic mass is 10.2. The summed E-state index contributed by atoms with van der Waals surface area (Å²) < 4.78 is 27.2. The Labute approximate surface area is 131 Å². The largest absolute Gasteiger partial charge is 0.395 e. The molecule has 1 rings (SSSR count). The van der Waals surface area contributed by atoms with E-state index in [4.69, 9.17) is 18.0 Å². The van der Waals surface area contributed by atoms with Crippen molar-refractivity contribution in [1.82, 2.24) is 4.31 Å². The zero-order chi connectivity index (χ0) is 16.0. The average molecular weight is 330 g/mol. The Morgan fingerprint density at radius 2 is 1.90 bits per heavy atom. The third-order valence-corrected chi connectivity index (χ3v) is 5.64. The number of rotatable bonds is 8. The van der Waals surface area contributed by atoms with Crippen LogP contribution in [0.1, 0.15) is 32.3 Å². The van der Waals surface area contributed by atoms with Crippen LogP contribution in [0.2, 0.25) is 0 Å². The summed E-state index contributed by atoms with van der Waals surface area (Å²) in [5.41, 5.74) is 5.96. The maximum absolute atomic E-state index is 12.9. The summed E-state index contributed by atoms with van der Waals surface area (Å²) in [6.45, 7) is 3.67. The minimum atomic E-state index is -3.76. The molecule has 0 bridgehead atoms. The lowest BCUT2D eigenvalue weighted by Crippen LogP contribution is -2.42. The maximum Gasteiger partial charge on any atom is 0.244 e. The summed E-state index contributed by atoms with van der Waals surface area (Å²) in [6.07, 6.45) is 1.34. The molecule has 0 aliphatic rings. The summed E-state index contributed by atoms with van der Waals surface area (Å²) in [7, 11) is -3.76. The van der Waals surface area contributed by atoms with Crippen molar-refractivity contribution in [3.05, 3.63) is 29.8 Å². The van der Waals surface area contributed by atoms with E-state index in [2.05, 4.69) is 0 Å². The van der Waals surface area contributed by atoms with Gasteiger partial charge in [0.2, 0.25) is 10.0 Å². The van der Waals surface area contributed by atoms with Gasteiger partial charge in [-0.05, 0) is 18.9 Å². The van der Waals surface area contributed by atoms with Crippen molar-refractivity contribution in [3.8, 4) is 0 Å². The number of thiocarbonyl (C=S) groups is 1. The second-order valence-corrected chi connectivity index (χ2v) is 6.97. The molecule has 0 radical (unpaired) electrons. The van der Waals surface area contributed by atoms with Crippen molar-refractivity contribution in [2.75, 3.05) is 13.2 Å². The van der Waals surface area contributed by atoms with Crippen LogP contribution >= 0.6 is 12.2 Å². The van der Waals surface area contributed by atoms with Crippen LogP contribution in [0.3, 0.4) is 0 Å². The molecule has 118 valence electrons. The predicted molar refractivity (Wildman–Crippen MR) is 87.7 cm³/mol. The lowest BCUT2D eigenvalue weighted by molar-refractivity contribution is 0.219. The Balaban J connectivity index is 3.39. The smallest absolute Gasteiger partial charge is 0.244 e. The van der Waals surface area contributed by atoms with Gasteiger partial charge in [-0.2, -0.15) is 4.31 Å². The topological polar surface area (TPSA) is 83.6 Å². The number of hydrogen-bond acceptors (Lipinski definition) is 4. The molecular weight excluding hydrogens is 308 g/mol. The van der Waals surface area contributed by atoms with Gasteiger partial charge in [-0.25, -0.2) is 8.42 Å². The first-order chi connectivity index (χ1) is 9.89. The lowest BCUT2D eigenvalue weighted by Gasteiger charge is -2.29. The second kappa shape index (κ2) is 7.84. The monoisotopic (exact) mass is 330 g/mol. The molecule has 7 heteroatoms. The van der Waals surface area contributed by atoms with E-state index in [0.29, 0.717) is 18.4 Å². The summed E-state index contributed by atoms with van der Waals surface area (Å²) in [5, 5.41) is 9.21. The average Bonchev–Trinajstić information content (AvgIpc) is 2.47. The van der Waals surface area contributed by atoms with Crippen LogP contribution in [0.4, 0.5) is 0 Å². The van der Waals surface area contributed by atoms with E-state index in [1.165, 1.54) is 10.4 Å². The Hall–Kier alpha value is -1.02. The van der Waals surface area contributed by atoms with Gasteiger partial charge in [0.05, 0.1) is 11.5 Å². The van der Waals surface area contributed by atoms with Crippen molar-refractivity contribution in [1.29, 1.82) is 0 Å². The van der Waals surface area contributed by atoms with Crippen molar-refractivity contribution in [2.24, 2.45) is 5.73 Å². The zero-order valence-electron chi connectivity index (χ0n) is 12.3. The van der Waals surface area contributed by atoms with Crippen LogP contribution in [0, 0.1) is 0 Å². The van der Waals surface area contributed by atoms with Gasteiger partial charge >= 0.3 is 0 Å². The molecule has 0 spiro atoms. The third-order valence-electron chi connectivity index (χ3n) is 3.41. The molecule has 0 aromatic heterocycles. The van der Waals surface area contributed by atoms with Crippen molar-refractivity contribution >= 4 is 27.2 Å². The third kappa shape index (κ3) is 4.00. The number of benzene rings is 1. The number of aliphatic hydroxyl groups is 1. The number of sulfonamides is 1. The Morgan fingerprint density at radius 1 is 1.33 bits per heavy atom. The van der Waals surface area contributed by atoms with E-state index >= 15 is 0 Å². The minimum Gasteiger partial charge on any atom is -0.395 e. The van der Waals surface area contributed by atoms with Gasteiger partial charge in [-0.15, -0.1) is 0 Å². The van der Waals surface area contributed by atoms with Crippen molar-refractivity contribution in [3.63, 3.8) is 0 Å². The minimum absolute atomic E-state index is 0.0441. The molecule has 3 N–H and O–H groups in total. The van der Waals surface area contributed by atoms with Crippen LogP contribution in [-0.4, -0.2) is 42.0 Å². The molecule has 0 amide bonds. The first-order valence-electron chi connectivity index (χ1n) is 6.91. The predicted octanol–water partition coefficient (Wildman–Crippen LogP) is 1.49. The number of nitrogens with zero attached hydrogens (tertiary/aromatic N) is 1. The van der Waals surface area contributed by atoms with E-state index in [9.17, 15) is 13.5 Å². The van der Waals surface area contributed by atoms with Crippen LogP contribution in [-0.2, 0) is 10.0 Å². The van der Waals surface area contributed by atoms with Crippen LogP contribution in [0.15, 0.2) is 29.2 Å². The highest BCUT2D eigenvalue weighted by Gasteiger charge is 2.31. The molecule has 0 saturated heterocycles. The van der Waals surface area contributed by atoms with Gasteiger partial charge in [0.1, 0.15) is 4.99 Å². The van der Waals surface area contributed by atoms with E-state index in [1.807, 2.05) is 13.8 Å². The molecule has 21 heavy (non-hydrogen) atoms. The standard InChI is InChI=1S/C14H22N2O3S2/c1-3-11(4-2)16(9-10-17)21(18,19)13-8-6-5-7-12(13)14(15)20/h5-8,11,17H,3-4,9-10H2,1-2H3,(H2,15,20). The molecule has 0 saturated carbocycles. The SMILES string of the molecule is CCC(CC)N(CCO)S(=O)(=O)c1ccccc1C(N)=S. The Kier molecular flexibility index (Phi) is 6.73. The quantitative estimate of drug-likeness (QED) is 0.706. The molecule has 0 aliphatic heterocycles. The van der Waals surface area contributed by atoms with Gasteiger partial charge in [-0.1, -0.05) is 44.3 Å². The fourth-order valence-corrected chi connectivity index (χ4v) is 4.53. The van der Waals surface area contributed by atoms with Gasteiger partial charge in [0.15, 0.2) is 0 Å². The summed E-state index contributed by atoms with van der Waals surface area (Å²) in [4.78, 5) is 0.139. The molecule has 0 heterocycles. The molecule has 5 nitrogen and oxygen atoms in total. The number of aliphatic hydroxyl groups excluding tert-OH is 1. The van der Waals surface area contributed by atoms with E-state index in [0.717, 1.165) is 0 Å². The second-order valence-electron chi connectivity index (χ2n) is 4.67. The van der Waals surface area contributed by atoms with Crippen LogP contribution in [0.5, 0.6) is 0 Å². The Morgan fingerprint density at radius 3 is 2.38 bits per heavy atom. The van der Waals surface area contributed by atoms with Gasteiger partial charge < -0.3 is 10.8 Å². The zero-order valence-corrected chi connectivity index (χ0v) is 14.0. The number of hydrogen-bond donors (Lipinski definition) is 2. The Bertz CT molecular complexity index is 584. The fraction of sp³-hybridized carbons (Fsp3) is 0.500. The molecular formula is C14H22N2O3S2. The first-order valence-corrected chi connectivity index (χ1v) is 8.76. The first kappa shape index (κ1) is 18.0. The van der Waals surface area contributed by atoms with Crippen molar-refractivity contribution < 1.29 is 13.5 Å². The highest BCUT2D eigenvalue weighted by atomic mass is 32.2. The van der Waals surface area contributed by atoms with Gasteiger partial charge in [0.25, 0.3) is 0 Å². The molecule has 1 aromatic rings. The summed E-state index contributed by atoms with van der Waals surface area (Å²) in [6, 6.07) is 6.26. The van der Waals surface area contributed by atoms with Crippen molar-refractivity contribution in [2.45, 2.75) is 37.6 Å². The van der Waals surface area contributed by atoms with E-state index in [-0.39, 0.29) is 29.1 Å². The molecule has 0 aliphatic carbocycles. The van der Waals surface area contributed by atoms with Gasteiger partial charge in [0, 0.05) is 18.2 Å². The molecule has 0 atom stereocenters. The number of nitrogens with two attached hydrogens (primary N) is 1. The normalized spacial score (nSPS) is 12.0. The summed E-state index contributed by atoms with van der Waals surface area (Å²) >= 11 is 4.94. The van der Waals surface area contributed by atoms with E-state index in [1.54, 1.807) is 18.2 Å².